The van der Waals surface area contributed by atoms with Gasteiger partial charge in [-0.15, -0.1) is 13.2 Å². The number of aryl methyl sites for hydroxylation is 1. The van der Waals surface area contributed by atoms with Crippen LogP contribution in [0.2, 0.25) is 0 Å². The Morgan fingerprint density at radius 2 is 1.96 bits per heavy atom. The summed E-state index contributed by atoms with van der Waals surface area (Å²) in [7, 11) is 0. The van der Waals surface area contributed by atoms with Gasteiger partial charge in [-0.1, -0.05) is 12.1 Å². The summed E-state index contributed by atoms with van der Waals surface area (Å²) in [5.41, 5.74) is -0.229. The van der Waals surface area contributed by atoms with Gasteiger partial charge < -0.3 is 19.9 Å². The first kappa shape index (κ1) is 19.0. The third kappa shape index (κ3) is 6.26. The molecule has 9 heteroatoms. The highest BCUT2D eigenvalue weighted by molar-refractivity contribution is 5.78. The van der Waals surface area contributed by atoms with Crippen molar-refractivity contribution in [1.29, 1.82) is 0 Å². The molecule has 0 aromatic heterocycles. The topological polar surface area (TPSA) is 84.9 Å². The van der Waals surface area contributed by atoms with E-state index in [2.05, 4.69) is 10.1 Å². The Kier molecular flexibility index (Phi) is 5.89. The lowest BCUT2D eigenvalue weighted by atomic mass is 9.94. The molecule has 1 aliphatic heterocycles. The van der Waals surface area contributed by atoms with E-state index in [1.54, 1.807) is 0 Å². The van der Waals surface area contributed by atoms with Crippen molar-refractivity contribution in [3.05, 3.63) is 29.8 Å². The van der Waals surface area contributed by atoms with Crippen LogP contribution in [0.25, 0.3) is 0 Å². The SMILES string of the molecule is O=C(O)CC1(NC(=O)CCc2ccc(OC(F)(F)F)cc2)CCOC1. The number of benzene rings is 1. The first-order valence-corrected chi connectivity index (χ1v) is 7.63. The molecule has 0 spiro atoms. The van der Waals surface area contributed by atoms with Crippen molar-refractivity contribution >= 4 is 11.9 Å². The second-order valence-electron chi connectivity index (χ2n) is 5.89. The van der Waals surface area contributed by atoms with Crippen LogP contribution in [0.3, 0.4) is 0 Å². The van der Waals surface area contributed by atoms with Gasteiger partial charge in [-0.2, -0.15) is 0 Å². The summed E-state index contributed by atoms with van der Waals surface area (Å²) >= 11 is 0. The van der Waals surface area contributed by atoms with E-state index in [9.17, 15) is 22.8 Å². The molecule has 0 bridgehead atoms. The highest BCUT2D eigenvalue weighted by Crippen LogP contribution is 2.24. The lowest BCUT2D eigenvalue weighted by Crippen LogP contribution is -2.50. The molecule has 1 unspecified atom stereocenters. The minimum Gasteiger partial charge on any atom is -0.481 e. The monoisotopic (exact) mass is 361 g/mol. The standard InChI is InChI=1S/C16H18F3NO5/c17-16(18,19)25-12-4-1-11(2-5-12)3-6-13(21)20-15(9-14(22)23)7-8-24-10-15/h1-2,4-5H,3,6-10H2,(H,20,21)(H,22,23). The number of alkyl halides is 3. The molecule has 1 heterocycles. The maximum Gasteiger partial charge on any atom is 0.573 e. The van der Waals surface area contributed by atoms with Crippen LogP contribution in [0.15, 0.2) is 24.3 Å². The molecule has 2 N–H and O–H groups in total. The lowest BCUT2D eigenvalue weighted by molar-refractivity contribution is -0.274. The number of hydrogen-bond acceptors (Lipinski definition) is 4. The van der Waals surface area contributed by atoms with Crippen LogP contribution in [0.4, 0.5) is 13.2 Å². The van der Waals surface area contributed by atoms with Crippen LogP contribution < -0.4 is 10.1 Å². The van der Waals surface area contributed by atoms with Gasteiger partial charge in [0, 0.05) is 13.0 Å². The summed E-state index contributed by atoms with van der Waals surface area (Å²) < 4.78 is 45.2. The third-order valence-corrected chi connectivity index (χ3v) is 3.80. The highest BCUT2D eigenvalue weighted by atomic mass is 19.4. The number of carbonyl (C=O) groups excluding carboxylic acids is 1. The average Bonchev–Trinajstić information content (AvgIpc) is 2.92. The van der Waals surface area contributed by atoms with Gasteiger partial charge in [-0.25, -0.2) is 0 Å². The van der Waals surface area contributed by atoms with Gasteiger partial charge in [-0.3, -0.25) is 9.59 Å². The number of ether oxygens (including phenoxy) is 2. The molecule has 1 atom stereocenters. The normalized spacial score (nSPS) is 20.3. The molecule has 1 aliphatic rings. The van der Waals surface area contributed by atoms with Crippen molar-refractivity contribution in [1.82, 2.24) is 5.32 Å². The van der Waals surface area contributed by atoms with Crippen molar-refractivity contribution in [2.45, 2.75) is 37.6 Å². The third-order valence-electron chi connectivity index (χ3n) is 3.80. The molecule has 1 amide bonds. The van der Waals surface area contributed by atoms with Crippen LogP contribution in [0.5, 0.6) is 5.75 Å². The summed E-state index contributed by atoms with van der Waals surface area (Å²) in [6.45, 7) is 0.531. The number of nitrogens with one attached hydrogen (secondary N) is 1. The molecular weight excluding hydrogens is 343 g/mol. The first-order chi connectivity index (χ1) is 11.7. The lowest BCUT2D eigenvalue weighted by Gasteiger charge is -2.27. The fourth-order valence-electron chi connectivity index (χ4n) is 2.65. The number of carboxylic acids is 1. The zero-order valence-corrected chi connectivity index (χ0v) is 13.3. The Bertz CT molecular complexity index is 609. The second kappa shape index (κ2) is 7.73. The van der Waals surface area contributed by atoms with Crippen LogP contribution in [0, 0.1) is 0 Å². The molecule has 25 heavy (non-hydrogen) atoms. The van der Waals surface area contributed by atoms with Crippen molar-refractivity contribution in [3.63, 3.8) is 0 Å². The van der Waals surface area contributed by atoms with E-state index < -0.39 is 17.9 Å². The summed E-state index contributed by atoms with van der Waals surface area (Å²) in [4.78, 5) is 23.0. The molecule has 2 rings (SSSR count). The van der Waals surface area contributed by atoms with E-state index in [-0.39, 0.29) is 31.1 Å². The fraction of sp³-hybridized carbons (Fsp3) is 0.500. The maximum absolute atomic E-state index is 12.1. The Balaban J connectivity index is 1.86. The molecule has 138 valence electrons. The Labute approximate surface area is 141 Å². The van der Waals surface area contributed by atoms with Crippen LogP contribution >= 0.6 is 0 Å². The number of amides is 1. The minimum absolute atomic E-state index is 0.0842. The first-order valence-electron chi connectivity index (χ1n) is 7.63. The van der Waals surface area contributed by atoms with Crippen molar-refractivity contribution in [3.8, 4) is 5.75 Å². The van der Waals surface area contributed by atoms with Gasteiger partial charge in [0.05, 0.1) is 18.6 Å². The zero-order valence-electron chi connectivity index (χ0n) is 13.3. The van der Waals surface area contributed by atoms with Gasteiger partial charge in [-0.05, 0) is 30.5 Å². The number of halogens is 3. The van der Waals surface area contributed by atoms with E-state index in [0.29, 0.717) is 25.0 Å². The Morgan fingerprint density at radius 3 is 2.48 bits per heavy atom. The van der Waals surface area contributed by atoms with Gasteiger partial charge in [0.25, 0.3) is 0 Å². The molecule has 1 saturated heterocycles. The van der Waals surface area contributed by atoms with E-state index in [1.165, 1.54) is 24.3 Å². The number of aliphatic carboxylic acids is 1. The predicted molar refractivity (Wildman–Crippen MR) is 80.0 cm³/mol. The summed E-state index contributed by atoms with van der Waals surface area (Å²) in [5.74, 6) is -1.68. The summed E-state index contributed by atoms with van der Waals surface area (Å²) in [6.07, 6.45) is -4.15. The van der Waals surface area contributed by atoms with Crippen LogP contribution in [-0.2, 0) is 20.7 Å². The summed E-state index contributed by atoms with van der Waals surface area (Å²) in [6, 6.07) is 5.25. The largest absolute Gasteiger partial charge is 0.573 e. The van der Waals surface area contributed by atoms with Gasteiger partial charge >= 0.3 is 12.3 Å². The number of carboxylic acid groups (broad SMARTS) is 1. The van der Waals surface area contributed by atoms with Crippen LogP contribution in [-0.4, -0.2) is 42.1 Å². The van der Waals surface area contributed by atoms with E-state index >= 15 is 0 Å². The second-order valence-corrected chi connectivity index (χ2v) is 5.89. The highest BCUT2D eigenvalue weighted by Gasteiger charge is 2.38. The summed E-state index contributed by atoms with van der Waals surface area (Å²) in [5, 5.41) is 11.7. The van der Waals surface area contributed by atoms with Crippen molar-refractivity contribution in [2.24, 2.45) is 0 Å². The number of carbonyl (C=O) groups is 2. The average molecular weight is 361 g/mol. The van der Waals surface area contributed by atoms with E-state index in [4.69, 9.17) is 9.84 Å². The minimum atomic E-state index is -4.75. The van der Waals surface area contributed by atoms with Crippen LogP contribution in [0.1, 0.15) is 24.8 Å². The number of rotatable bonds is 7. The molecule has 1 fully saturated rings. The fourth-order valence-corrected chi connectivity index (χ4v) is 2.65. The number of hydrogen-bond donors (Lipinski definition) is 2. The van der Waals surface area contributed by atoms with E-state index in [1.807, 2.05) is 0 Å². The predicted octanol–water partition coefficient (Wildman–Crippen LogP) is 2.27. The Hall–Kier alpha value is -2.29. The quantitative estimate of drug-likeness (QED) is 0.778. The molecule has 6 nitrogen and oxygen atoms in total. The maximum atomic E-state index is 12.1. The van der Waals surface area contributed by atoms with Gasteiger partial charge in [0.15, 0.2) is 0 Å². The molecule has 1 aromatic carbocycles. The smallest absolute Gasteiger partial charge is 0.481 e. The van der Waals surface area contributed by atoms with Gasteiger partial charge in [0.2, 0.25) is 5.91 Å². The van der Waals surface area contributed by atoms with Gasteiger partial charge in [0.1, 0.15) is 5.75 Å². The molecular formula is C16H18F3NO5. The molecule has 0 aliphatic carbocycles. The molecule has 1 aromatic rings. The van der Waals surface area contributed by atoms with Crippen molar-refractivity contribution in [2.75, 3.05) is 13.2 Å². The zero-order chi connectivity index (χ0) is 18.5. The molecule has 0 radical (unpaired) electrons. The Morgan fingerprint density at radius 1 is 1.28 bits per heavy atom. The van der Waals surface area contributed by atoms with E-state index in [0.717, 1.165) is 0 Å². The molecule has 0 saturated carbocycles. The van der Waals surface area contributed by atoms with Crippen molar-refractivity contribution < 1.29 is 37.3 Å².